The van der Waals surface area contributed by atoms with E-state index < -0.39 is 17.9 Å². The molecule has 3 rings (SSSR count). The molecule has 0 spiro atoms. The number of hydrogen-bond donors (Lipinski definition) is 2. The Hall–Kier alpha value is -3.75. The molecule has 1 aromatic carbocycles. The molecule has 0 radical (unpaired) electrons. The Kier molecular flexibility index (Phi) is 4.84. The van der Waals surface area contributed by atoms with Crippen LogP contribution in [-0.4, -0.2) is 42.1 Å². The van der Waals surface area contributed by atoms with Crippen molar-refractivity contribution in [2.24, 2.45) is 0 Å². The van der Waals surface area contributed by atoms with Crippen LogP contribution in [0.1, 0.15) is 21.9 Å². The van der Waals surface area contributed by atoms with Crippen molar-refractivity contribution < 1.29 is 33.4 Å². The van der Waals surface area contributed by atoms with Gasteiger partial charge < -0.3 is 24.3 Å². The molecule has 0 aliphatic carbocycles. The molecule has 3 amide bonds. The van der Waals surface area contributed by atoms with Gasteiger partial charge in [0.15, 0.2) is 11.5 Å². The van der Waals surface area contributed by atoms with Gasteiger partial charge in [-0.3, -0.25) is 9.69 Å². The first kappa shape index (κ1) is 18.1. The zero-order chi connectivity index (χ0) is 19.6. The molecule has 0 saturated carbocycles. The van der Waals surface area contributed by atoms with E-state index in [1.165, 1.54) is 44.6 Å². The number of phenols is 1. The number of carbonyl (C=O) groups is 3. The third-order valence-corrected chi connectivity index (χ3v) is 3.84. The number of esters is 1. The number of rotatable bonds is 5. The predicted octanol–water partition coefficient (Wildman–Crippen LogP) is 1.87. The molecule has 2 aromatic rings. The molecule has 9 heteroatoms. The largest absolute Gasteiger partial charge is 0.504 e. The number of amides is 3. The molecule has 1 aliphatic rings. The van der Waals surface area contributed by atoms with E-state index in [0.717, 1.165) is 4.90 Å². The number of urea groups is 1. The van der Waals surface area contributed by atoms with Crippen molar-refractivity contribution in [3.8, 4) is 11.5 Å². The smallest absolute Gasteiger partial charge is 0.373 e. The summed E-state index contributed by atoms with van der Waals surface area (Å²) in [6.07, 6.45) is 1.46. The maximum Gasteiger partial charge on any atom is 0.373 e. The standard InChI is InChI=1S/C18H16N2O7/c1-25-15-8-10(3-5-13(15)21)7-12-16(22)20(18(24)19-12)9-11-4-6-14(27-11)17(23)26-2/h3-8,21H,9H2,1-2H3,(H,19,24). The summed E-state index contributed by atoms with van der Waals surface area (Å²) in [4.78, 5) is 37.0. The quantitative estimate of drug-likeness (QED) is 0.467. The number of benzene rings is 1. The van der Waals surface area contributed by atoms with Crippen LogP contribution in [0.5, 0.6) is 11.5 Å². The number of furan rings is 1. The van der Waals surface area contributed by atoms with Crippen LogP contribution < -0.4 is 10.1 Å². The number of nitrogens with one attached hydrogen (secondary N) is 1. The van der Waals surface area contributed by atoms with E-state index in [1.54, 1.807) is 6.07 Å². The lowest BCUT2D eigenvalue weighted by Gasteiger charge is -2.09. The Morgan fingerprint density at radius 1 is 1.26 bits per heavy atom. The number of aromatic hydroxyl groups is 1. The van der Waals surface area contributed by atoms with E-state index in [0.29, 0.717) is 5.56 Å². The lowest BCUT2D eigenvalue weighted by Crippen LogP contribution is -2.30. The molecule has 2 heterocycles. The fourth-order valence-corrected chi connectivity index (χ4v) is 2.49. The molecule has 140 valence electrons. The van der Waals surface area contributed by atoms with Crippen LogP contribution in [0.15, 0.2) is 40.4 Å². The Labute approximate surface area is 153 Å². The highest BCUT2D eigenvalue weighted by atomic mass is 16.5. The van der Waals surface area contributed by atoms with Crippen LogP contribution in [0.2, 0.25) is 0 Å². The van der Waals surface area contributed by atoms with E-state index in [9.17, 15) is 19.5 Å². The minimum Gasteiger partial charge on any atom is -0.504 e. The molecule has 0 atom stereocenters. The van der Waals surface area contributed by atoms with E-state index in [-0.39, 0.29) is 35.3 Å². The van der Waals surface area contributed by atoms with E-state index >= 15 is 0 Å². The lowest BCUT2D eigenvalue weighted by atomic mass is 10.1. The predicted molar refractivity (Wildman–Crippen MR) is 91.8 cm³/mol. The molecule has 1 saturated heterocycles. The summed E-state index contributed by atoms with van der Waals surface area (Å²) in [5, 5.41) is 12.1. The topological polar surface area (TPSA) is 118 Å². The molecule has 1 aliphatic heterocycles. The van der Waals surface area contributed by atoms with Gasteiger partial charge in [-0.1, -0.05) is 6.07 Å². The van der Waals surface area contributed by atoms with Crippen molar-refractivity contribution >= 4 is 24.0 Å². The molecule has 27 heavy (non-hydrogen) atoms. The maximum atomic E-state index is 12.5. The number of nitrogens with zero attached hydrogens (tertiary/aromatic N) is 1. The van der Waals surface area contributed by atoms with Gasteiger partial charge in [-0.15, -0.1) is 0 Å². The fourth-order valence-electron chi connectivity index (χ4n) is 2.49. The van der Waals surface area contributed by atoms with Gasteiger partial charge in [-0.2, -0.15) is 0 Å². The number of ether oxygens (including phenoxy) is 2. The van der Waals surface area contributed by atoms with Crippen molar-refractivity contribution in [1.29, 1.82) is 0 Å². The first-order valence-corrected chi connectivity index (χ1v) is 7.81. The average molecular weight is 372 g/mol. The van der Waals surface area contributed by atoms with Gasteiger partial charge >= 0.3 is 12.0 Å². The van der Waals surface area contributed by atoms with Gasteiger partial charge in [0.25, 0.3) is 5.91 Å². The minimum absolute atomic E-state index is 0.0218. The normalized spacial score (nSPS) is 15.2. The summed E-state index contributed by atoms with van der Waals surface area (Å²) in [6.45, 7) is -0.141. The van der Waals surface area contributed by atoms with Crippen molar-refractivity contribution in [1.82, 2.24) is 10.2 Å². The van der Waals surface area contributed by atoms with Gasteiger partial charge in [0.1, 0.15) is 11.5 Å². The molecular weight excluding hydrogens is 356 g/mol. The van der Waals surface area contributed by atoms with Crippen molar-refractivity contribution in [2.45, 2.75) is 6.54 Å². The first-order valence-electron chi connectivity index (χ1n) is 7.81. The summed E-state index contributed by atoms with van der Waals surface area (Å²) >= 11 is 0. The third kappa shape index (κ3) is 3.61. The van der Waals surface area contributed by atoms with Gasteiger partial charge in [0.2, 0.25) is 5.76 Å². The summed E-state index contributed by atoms with van der Waals surface area (Å²) in [5.41, 5.74) is 0.619. The molecule has 0 unspecified atom stereocenters. The molecule has 0 bridgehead atoms. The zero-order valence-electron chi connectivity index (χ0n) is 14.5. The monoisotopic (exact) mass is 372 g/mol. The van der Waals surface area contributed by atoms with Gasteiger partial charge in [0, 0.05) is 0 Å². The second-order valence-corrected chi connectivity index (χ2v) is 5.57. The maximum absolute atomic E-state index is 12.5. The van der Waals surface area contributed by atoms with E-state index in [1.807, 2.05) is 0 Å². The Morgan fingerprint density at radius 3 is 2.74 bits per heavy atom. The van der Waals surface area contributed by atoms with Crippen LogP contribution in [0.3, 0.4) is 0 Å². The van der Waals surface area contributed by atoms with Crippen molar-refractivity contribution in [3.05, 3.63) is 53.1 Å². The summed E-state index contributed by atoms with van der Waals surface area (Å²) in [6, 6.07) is 6.79. The highest BCUT2D eigenvalue weighted by Crippen LogP contribution is 2.27. The highest BCUT2D eigenvalue weighted by Gasteiger charge is 2.34. The zero-order valence-corrected chi connectivity index (χ0v) is 14.5. The lowest BCUT2D eigenvalue weighted by molar-refractivity contribution is -0.123. The Bertz CT molecular complexity index is 945. The van der Waals surface area contributed by atoms with E-state index in [4.69, 9.17) is 9.15 Å². The van der Waals surface area contributed by atoms with Gasteiger partial charge in [-0.05, 0) is 35.9 Å². The molecule has 2 N–H and O–H groups in total. The van der Waals surface area contributed by atoms with Gasteiger partial charge in [-0.25, -0.2) is 9.59 Å². The Balaban J connectivity index is 1.78. The van der Waals surface area contributed by atoms with Crippen molar-refractivity contribution in [2.75, 3.05) is 14.2 Å². The van der Waals surface area contributed by atoms with Gasteiger partial charge in [0.05, 0.1) is 20.8 Å². The molecule has 9 nitrogen and oxygen atoms in total. The number of phenolic OH excluding ortho intramolecular Hbond substituents is 1. The SMILES string of the molecule is COC(=O)c1ccc(CN2C(=O)NC(=Cc3ccc(O)c(OC)c3)C2=O)o1. The summed E-state index contributed by atoms with van der Waals surface area (Å²) in [5.74, 6) is -0.771. The summed E-state index contributed by atoms with van der Waals surface area (Å²) < 4.78 is 14.8. The summed E-state index contributed by atoms with van der Waals surface area (Å²) in [7, 11) is 2.62. The van der Waals surface area contributed by atoms with Crippen LogP contribution in [0, 0.1) is 0 Å². The van der Waals surface area contributed by atoms with E-state index in [2.05, 4.69) is 10.1 Å². The van der Waals surface area contributed by atoms with Crippen LogP contribution >= 0.6 is 0 Å². The third-order valence-electron chi connectivity index (χ3n) is 3.84. The second-order valence-electron chi connectivity index (χ2n) is 5.57. The molecule has 1 aromatic heterocycles. The molecule has 1 fully saturated rings. The number of hydrogen-bond acceptors (Lipinski definition) is 7. The van der Waals surface area contributed by atoms with Crippen LogP contribution in [-0.2, 0) is 16.1 Å². The number of carbonyl (C=O) groups excluding carboxylic acids is 3. The number of imide groups is 1. The second kappa shape index (κ2) is 7.24. The van der Waals surface area contributed by atoms with Crippen molar-refractivity contribution in [3.63, 3.8) is 0 Å². The number of methoxy groups -OCH3 is 2. The minimum atomic E-state index is -0.652. The van der Waals surface area contributed by atoms with Crippen LogP contribution in [0.25, 0.3) is 6.08 Å². The molecular formula is C18H16N2O7. The average Bonchev–Trinajstić information content (AvgIpc) is 3.23. The first-order chi connectivity index (χ1) is 12.9. The highest BCUT2D eigenvalue weighted by molar-refractivity contribution is 6.13. The Morgan fingerprint density at radius 2 is 2.04 bits per heavy atom. The fraction of sp³-hybridized carbons (Fsp3) is 0.167. The van der Waals surface area contributed by atoms with Crippen LogP contribution in [0.4, 0.5) is 4.79 Å².